The molecular weight excluding hydrogens is 260 g/mol. The van der Waals surface area contributed by atoms with Gasteiger partial charge in [0.2, 0.25) is 5.91 Å². The fraction of sp³-hybridized carbons (Fsp3) is 0.611. The third kappa shape index (κ3) is 5.07. The Balaban J connectivity index is 1.80. The van der Waals surface area contributed by atoms with Crippen LogP contribution in [0.2, 0.25) is 0 Å². The first-order valence-electron chi connectivity index (χ1n) is 8.27. The molecule has 0 unspecified atom stereocenters. The van der Waals surface area contributed by atoms with Crippen molar-refractivity contribution in [3.8, 4) is 0 Å². The molecule has 0 aromatic heterocycles. The highest BCUT2D eigenvalue weighted by molar-refractivity contribution is 5.78. The Hall–Kier alpha value is -1.51. The minimum absolute atomic E-state index is 0.0601. The van der Waals surface area contributed by atoms with Crippen LogP contribution in [0.4, 0.5) is 5.69 Å². The number of benzene rings is 1. The van der Waals surface area contributed by atoms with Gasteiger partial charge in [-0.25, -0.2) is 0 Å². The lowest BCUT2D eigenvalue weighted by atomic mass is 9.83. The minimum atomic E-state index is 0.0601. The molecule has 1 aliphatic rings. The summed E-state index contributed by atoms with van der Waals surface area (Å²) in [6.07, 6.45) is 8.45. The van der Waals surface area contributed by atoms with Crippen LogP contribution in [0.1, 0.15) is 51.0 Å². The molecule has 1 aromatic rings. The van der Waals surface area contributed by atoms with Gasteiger partial charge in [0.15, 0.2) is 0 Å². The van der Waals surface area contributed by atoms with Crippen molar-refractivity contribution in [3.63, 3.8) is 0 Å². The summed E-state index contributed by atoms with van der Waals surface area (Å²) in [5.41, 5.74) is 2.24. The lowest BCUT2D eigenvalue weighted by Gasteiger charge is -2.29. The molecular formula is C18H28N2O. The number of hydrogen-bond acceptors (Lipinski definition) is 2. The summed E-state index contributed by atoms with van der Waals surface area (Å²) in [4.78, 5) is 11.3. The number of amides is 1. The van der Waals surface area contributed by atoms with Crippen LogP contribution < -0.4 is 10.6 Å². The fourth-order valence-electron chi connectivity index (χ4n) is 3.23. The molecule has 0 heterocycles. The van der Waals surface area contributed by atoms with E-state index in [-0.39, 0.29) is 5.91 Å². The normalized spacial score (nSPS) is 21.8. The first-order chi connectivity index (χ1) is 10.2. The van der Waals surface area contributed by atoms with Crippen molar-refractivity contribution in [1.29, 1.82) is 0 Å². The molecule has 0 saturated heterocycles. The molecule has 0 aliphatic heterocycles. The summed E-state index contributed by atoms with van der Waals surface area (Å²) in [5.74, 6) is 1.01. The summed E-state index contributed by atoms with van der Waals surface area (Å²) in [5, 5.41) is 6.29. The zero-order valence-electron chi connectivity index (χ0n) is 13.3. The average molecular weight is 288 g/mol. The molecule has 0 atom stereocenters. The monoisotopic (exact) mass is 288 g/mol. The molecule has 0 spiro atoms. The maximum atomic E-state index is 11.3. The Morgan fingerprint density at radius 1 is 1.14 bits per heavy atom. The van der Waals surface area contributed by atoms with Gasteiger partial charge < -0.3 is 10.6 Å². The largest absolute Gasteiger partial charge is 0.382 e. The van der Waals surface area contributed by atoms with Gasteiger partial charge in [0.25, 0.3) is 0 Å². The van der Waals surface area contributed by atoms with Crippen LogP contribution in [0.5, 0.6) is 0 Å². The van der Waals surface area contributed by atoms with E-state index in [0.717, 1.165) is 11.5 Å². The fourth-order valence-corrected chi connectivity index (χ4v) is 3.23. The Labute approximate surface area is 128 Å². The Morgan fingerprint density at radius 3 is 2.38 bits per heavy atom. The van der Waals surface area contributed by atoms with Crippen LogP contribution in [-0.2, 0) is 11.2 Å². The van der Waals surface area contributed by atoms with Gasteiger partial charge in [0.05, 0.1) is 6.42 Å². The van der Waals surface area contributed by atoms with Gasteiger partial charge >= 0.3 is 0 Å². The summed E-state index contributed by atoms with van der Waals surface area (Å²) in [6.45, 7) is 2.28. The molecule has 1 fully saturated rings. The number of carbonyl (C=O) groups is 1. The Kier molecular flexibility index (Phi) is 6.09. The molecule has 1 amide bonds. The summed E-state index contributed by atoms with van der Waals surface area (Å²) in [7, 11) is 1.67. The molecule has 0 radical (unpaired) electrons. The van der Waals surface area contributed by atoms with E-state index in [0.29, 0.717) is 12.5 Å². The van der Waals surface area contributed by atoms with Gasteiger partial charge in [-0.15, -0.1) is 0 Å². The van der Waals surface area contributed by atoms with Crippen LogP contribution in [0.3, 0.4) is 0 Å². The smallest absolute Gasteiger partial charge is 0.224 e. The van der Waals surface area contributed by atoms with Gasteiger partial charge in [-0.05, 0) is 49.3 Å². The van der Waals surface area contributed by atoms with Crippen molar-refractivity contribution >= 4 is 11.6 Å². The molecule has 1 aliphatic carbocycles. The highest BCUT2D eigenvalue weighted by atomic mass is 16.1. The molecule has 2 rings (SSSR count). The van der Waals surface area contributed by atoms with Crippen molar-refractivity contribution in [2.75, 3.05) is 12.4 Å². The topological polar surface area (TPSA) is 41.1 Å². The Bertz CT molecular complexity index is 433. The molecule has 0 bridgehead atoms. The van der Waals surface area contributed by atoms with Gasteiger partial charge in [-0.3, -0.25) is 4.79 Å². The molecule has 1 aromatic carbocycles. The van der Waals surface area contributed by atoms with Crippen molar-refractivity contribution in [2.24, 2.45) is 5.92 Å². The SMILES string of the molecule is CCCC1CCC(Nc2ccc(CC(=O)NC)cc2)CC1. The van der Waals surface area contributed by atoms with E-state index in [1.54, 1.807) is 7.05 Å². The third-order valence-corrected chi connectivity index (χ3v) is 4.51. The molecule has 116 valence electrons. The van der Waals surface area contributed by atoms with Crippen LogP contribution in [-0.4, -0.2) is 19.0 Å². The summed E-state index contributed by atoms with van der Waals surface area (Å²) >= 11 is 0. The minimum Gasteiger partial charge on any atom is -0.382 e. The highest BCUT2D eigenvalue weighted by Crippen LogP contribution is 2.29. The molecule has 3 nitrogen and oxygen atoms in total. The number of nitrogens with one attached hydrogen (secondary N) is 2. The van der Waals surface area contributed by atoms with Gasteiger partial charge in [-0.1, -0.05) is 31.9 Å². The van der Waals surface area contributed by atoms with Crippen LogP contribution in [0, 0.1) is 5.92 Å². The van der Waals surface area contributed by atoms with E-state index >= 15 is 0 Å². The quantitative estimate of drug-likeness (QED) is 0.837. The lowest BCUT2D eigenvalue weighted by Crippen LogP contribution is -2.26. The number of hydrogen-bond donors (Lipinski definition) is 2. The molecule has 21 heavy (non-hydrogen) atoms. The average Bonchev–Trinajstić information content (AvgIpc) is 2.51. The number of likely N-dealkylation sites (N-methyl/N-ethyl adjacent to an activating group) is 1. The second kappa shape index (κ2) is 8.06. The first-order valence-corrected chi connectivity index (χ1v) is 8.27. The van der Waals surface area contributed by atoms with E-state index in [9.17, 15) is 4.79 Å². The Morgan fingerprint density at radius 2 is 1.81 bits per heavy atom. The van der Waals surface area contributed by atoms with Crippen LogP contribution in [0.15, 0.2) is 24.3 Å². The van der Waals surface area contributed by atoms with Gasteiger partial charge in [0, 0.05) is 18.8 Å². The third-order valence-electron chi connectivity index (χ3n) is 4.51. The second-order valence-corrected chi connectivity index (χ2v) is 6.20. The predicted molar refractivity (Wildman–Crippen MR) is 88.5 cm³/mol. The standard InChI is InChI=1S/C18H28N2O/c1-3-4-14-5-9-16(10-6-14)20-17-11-7-15(8-12-17)13-18(21)19-2/h7-8,11-12,14,16,20H,3-6,9-10,13H2,1-2H3,(H,19,21). The van der Waals surface area contributed by atoms with Crippen LogP contribution >= 0.6 is 0 Å². The van der Waals surface area contributed by atoms with E-state index < -0.39 is 0 Å². The van der Waals surface area contributed by atoms with E-state index in [1.807, 2.05) is 12.1 Å². The molecule has 2 N–H and O–H groups in total. The van der Waals surface area contributed by atoms with E-state index in [4.69, 9.17) is 0 Å². The van der Waals surface area contributed by atoms with E-state index in [2.05, 4.69) is 29.7 Å². The van der Waals surface area contributed by atoms with Crippen molar-refractivity contribution in [1.82, 2.24) is 5.32 Å². The van der Waals surface area contributed by atoms with Gasteiger partial charge in [-0.2, -0.15) is 0 Å². The van der Waals surface area contributed by atoms with E-state index in [1.165, 1.54) is 44.2 Å². The number of carbonyl (C=O) groups excluding carboxylic acids is 1. The maximum Gasteiger partial charge on any atom is 0.224 e. The first kappa shape index (κ1) is 15.9. The highest BCUT2D eigenvalue weighted by Gasteiger charge is 2.20. The lowest BCUT2D eigenvalue weighted by molar-refractivity contribution is -0.119. The van der Waals surface area contributed by atoms with Gasteiger partial charge in [0.1, 0.15) is 0 Å². The van der Waals surface area contributed by atoms with Crippen molar-refractivity contribution < 1.29 is 4.79 Å². The van der Waals surface area contributed by atoms with Crippen molar-refractivity contribution in [3.05, 3.63) is 29.8 Å². The summed E-state index contributed by atoms with van der Waals surface area (Å²) in [6, 6.07) is 8.89. The number of rotatable bonds is 6. The van der Waals surface area contributed by atoms with Crippen LogP contribution in [0.25, 0.3) is 0 Å². The maximum absolute atomic E-state index is 11.3. The molecule has 3 heteroatoms. The zero-order valence-corrected chi connectivity index (χ0v) is 13.3. The predicted octanol–water partition coefficient (Wildman–Crippen LogP) is 3.75. The zero-order chi connectivity index (χ0) is 15.1. The second-order valence-electron chi connectivity index (χ2n) is 6.20. The van der Waals surface area contributed by atoms with Crippen molar-refractivity contribution in [2.45, 2.75) is 57.9 Å². The molecule has 1 saturated carbocycles. The number of anilines is 1. The summed E-state index contributed by atoms with van der Waals surface area (Å²) < 4.78 is 0.